The largest absolute Gasteiger partial charge is 0.497 e. The molecule has 17 heteroatoms. The molecule has 1 saturated heterocycles. The summed E-state index contributed by atoms with van der Waals surface area (Å²) in [4.78, 5) is 62.6. The van der Waals surface area contributed by atoms with Crippen molar-refractivity contribution in [2.24, 2.45) is 5.92 Å². The van der Waals surface area contributed by atoms with Gasteiger partial charge in [-0.25, -0.2) is 17.8 Å². The highest BCUT2D eigenvalue weighted by Crippen LogP contribution is 2.47. The number of nitrogens with zero attached hydrogens (tertiary/aromatic N) is 3. The number of carbonyl (C=O) groups is 4. The third-order valence-electron chi connectivity index (χ3n) is 11.8. The minimum absolute atomic E-state index is 0.00619. The normalized spacial score (nSPS) is 26.4. The number of carbonyl (C=O) groups excluding carboxylic acids is 4. The highest BCUT2D eigenvalue weighted by atomic mass is 32.2. The van der Waals surface area contributed by atoms with Crippen LogP contribution in [0.25, 0.3) is 21.7 Å². The Kier molecular flexibility index (Phi) is 10.1. The number of aryl methyl sites for hydroxylation is 1. The van der Waals surface area contributed by atoms with E-state index >= 15 is 0 Å². The fraction of sp³-hybridized carbons (Fsp3) is 0.463. The molecule has 0 bridgehead atoms. The lowest BCUT2D eigenvalue weighted by molar-refractivity contribution is -0.141. The zero-order chi connectivity index (χ0) is 41.0. The Balaban J connectivity index is 1.14. The van der Waals surface area contributed by atoms with Gasteiger partial charge in [0.2, 0.25) is 27.7 Å². The van der Waals surface area contributed by atoms with Crippen molar-refractivity contribution >= 4 is 55.3 Å². The maximum Gasteiger partial charge on any atom is 0.274 e. The maximum absolute atomic E-state index is 14.7. The quantitative estimate of drug-likeness (QED) is 0.169. The van der Waals surface area contributed by atoms with Crippen LogP contribution in [0.3, 0.4) is 0 Å². The Labute approximate surface area is 334 Å². The van der Waals surface area contributed by atoms with E-state index in [1.165, 1.54) is 30.2 Å². The summed E-state index contributed by atoms with van der Waals surface area (Å²) in [5.74, 6) is -2.56. The molecule has 4 amide bonds. The number of halogens is 1. The topological polar surface area (TPSA) is 199 Å². The van der Waals surface area contributed by atoms with Crippen molar-refractivity contribution in [2.75, 3.05) is 13.7 Å². The summed E-state index contributed by atoms with van der Waals surface area (Å²) in [6.07, 6.45) is 6.85. The highest BCUT2D eigenvalue weighted by Gasteiger charge is 2.63. The van der Waals surface area contributed by atoms with Crippen molar-refractivity contribution in [3.05, 3.63) is 71.9 Å². The Hall–Kier alpha value is -5.58. The molecule has 0 radical (unpaired) electrons. The molecule has 2 saturated carbocycles. The van der Waals surface area contributed by atoms with Crippen molar-refractivity contribution in [1.29, 1.82) is 0 Å². The number of aromatic nitrogens is 2. The molecule has 5 atom stereocenters. The van der Waals surface area contributed by atoms with Crippen LogP contribution in [-0.2, 0) is 24.4 Å². The maximum atomic E-state index is 14.7. The van der Waals surface area contributed by atoms with Gasteiger partial charge < -0.3 is 29.5 Å². The summed E-state index contributed by atoms with van der Waals surface area (Å²) in [6.45, 7) is 3.10. The van der Waals surface area contributed by atoms with Crippen LogP contribution in [0.4, 0.5) is 4.39 Å². The highest BCUT2D eigenvalue weighted by molar-refractivity contribution is 7.91. The minimum Gasteiger partial charge on any atom is -0.497 e. The average Bonchev–Trinajstić information content (AvgIpc) is 3.99. The zero-order valence-electron chi connectivity index (χ0n) is 32.4. The molecule has 4 aliphatic rings. The number of amides is 4. The molecule has 8 rings (SSSR count). The van der Waals surface area contributed by atoms with Gasteiger partial charge in [-0.1, -0.05) is 30.2 Å². The van der Waals surface area contributed by atoms with E-state index in [0.29, 0.717) is 58.9 Å². The molecule has 306 valence electrons. The fourth-order valence-corrected chi connectivity index (χ4v) is 9.27. The number of rotatable bonds is 8. The standard InChI is InChI=1S/C41H45FN6O9S/c1-23-17-33(46-57-23)35(49)43-31-10-8-6-4-5-7-9-24-21-41(24,39(52)47-58(53,54)40(2)15-16-40)45-36(50)34-20-27(22-48(34)38(31)51)56-37-29-13-11-25(42)18-30(29)28-14-12-26(55-3)19-32(28)44-37/h7,9,11-14,17-19,24,27,31,34H,4-6,8,10,15-16,20-22H2,1-3H3,(H,43,49)(H,45,50)(H,47,52)/b9-7-/t24-,27-,31+,34+,41-/m1/s1. The molecular weight excluding hydrogens is 772 g/mol. The molecule has 2 aromatic heterocycles. The molecule has 4 aromatic rings. The van der Waals surface area contributed by atoms with Crippen molar-refractivity contribution < 1.29 is 46.0 Å². The second kappa shape index (κ2) is 15.0. The number of benzene rings is 2. The smallest absolute Gasteiger partial charge is 0.274 e. The minimum atomic E-state index is -4.03. The summed E-state index contributed by atoms with van der Waals surface area (Å²) >= 11 is 0. The van der Waals surface area contributed by atoms with Crippen molar-refractivity contribution in [3.63, 3.8) is 0 Å². The molecule has 3 N–H and O–H groups in total. The fourth-order valence-electron chi connectivity index (χ4n) is 7.95. The van der Waals surface area contributed by atoms with Crippen LogP contribution >= 0.6 is 0 Å². The summed E-state index contributed by atoms with van der Waals surface area (Å²) in [6, 6.07) is 8.64. The van der Waals surface area contributed by atoms with E-state index < -0.39 is 73.9 Å². The monoisotopic (exact) mass is 816 g/mol. The number of nitrogens with one attached hydrogen (secondary N) is 3. The van der Waals surface area contributed by atoms with Crippen LogP contribution in [0.2, 0.25) is 0 Å². The summed E-state index contributed by atoms with van der Waals surface area (Å²) in [5, 5.41) is 11.2. The first-order valence-corrected chi connectivity index (χ1v) is 21.0. The Bertz CT molecular complexity index is 2470. The number of allylic oxidation sites excluding steroid dienone is 1. The van der Waals surface area contributed by atoms with Gasteiger partial charge in [0.1, 0.15) is 41.1 Å². The van der Waals surface area contributed by atoms with E-state index in [-0.39, 0.29) is 37.4 Å². The first kappa shape index (κ1) is 39.3. The summed E-state index contributed by atoms with van der Waals surface area (Å²) < 4.78 is 59.2. The van der Waals surface area contributed by atoms with Gasteiger partial charge in [0.15, 0.2) is 5.69 Å². The molecule has 15 nitrogen and oxygen atoms in total. The number of sulfonamides is 1. The number of hydrogen-bond donors (Lipinski definition) is 3. The Morgan fingerprint density at radius 1 is 1.05 bits per heavy atom. The lowest BCUT2D eigenvalue weighted by Crippen LogP contribution is -2.58. The SMILES string of the molecule is COc1ccc2c(c1)nc(O[C@@H]1C[C@H]3C(=O)N[C@]4(C(=O)NS(=O)(=O)C5(C)CC5)C[C@H]4/C=C\CCCCC[C@H](NC(=O)c4cc(C)on4)C(=O)N3C1)c1ccc(F)cc12. The van der Waals surface area contributed by atoms with Crippen LogP contribution < -0.4 is 24.8 Å². The molecule has 2 aliphatic carbocycles. The number of hydrogen-bond acceptors (Lipinski definition) is 11. The predicted octanol–water partition coefficient (Wildman–Crippen LogP) is 4.37. The van der Waals surface area contributed by atoms with Gasteiger partial charge in [-0.3, -0.25) is 23.9 Å². The molecule has 58 heavy (non-hydrogen) atoms. The van der Waals surface area contributed by atoms with Gasteiger partial charge in [0, 0.05) is 35.2 Å². The average molecular weight is 817 g/mol. The molecule has 4 heterocycles. The third-order valence-corrected chi connectivity index (χ3v) is 14.0. The second-order valence-electron chi connectivity index (χ2n) is 16.0. The van der Waals surface area contributed by atoms with Gasteiger partial charge in [-0.2, -0.15) is 0 Å². The van der Waals surface area contributed by atoms with Crippen LogP contribution in [0.15, 0.2) is 59.1 Å². The second-order valence-corrected chi connectivity index (χ2v) is 18.2. The first-order valence-electron chi connectivity index (χ1n) is 19.5. The summed E-state index contributed by atoms with van der Waals surface area (Å²) in [7, 11) is -2.51. The van der Waals surface area contributed by atoms with E-state index in [2.05, 4.69) is 20.5 Å². The van der Waals surface area contributed by atoms with Gasteiger partial charge in [0.25, 0.3) is 11.8 Å². The van der Waals surface area contributed by atoms with Gasteiger partial charge >= 0.3 is 0 Å². The van der Waals surface area contributed by atoms with Gasteiger partial charge in [-0.05, 0) is 88.1 Å². The van der Waals surface area contributed by atoms with E-state index in [1.807, 2.05) is 12.2 Å². The zero-order valence-corrected chi connectivity index (χ0v) is 33.2. The van der Waals surface area contributed by atoms with E-state index in [9.17, 15) is 32.0 Å². The molecule has 0 spiro atoms. The van der Waals surface area contributed by atoms with Crippen LogP contribution in [0.5, 0.6) is 11.6 Å². The molecule has 3 fully saturated rings. The van der Waals surface area contributed by atoms with E-state index in [4.69, 9.17) is 19.0 Å². The molecular formula is C41H45FN6O9S. The van der Waals surface area contributed by atoms with Crippen LogP contribution in [0, 0.1) is 18.7 Å². The van der Waals surface area contributed by atoms with Crippen molar-refractivity contribution in [3.8, 4) is 11.6 Å². The predicted molar refractivity (Wildman–Crippen MR) is 209 cm³/mol. The van der Waals surface area contributed by atoms with E-state index in [0.717, 1.165) is 12.8 Å². The number of fused-ring (bicyclic) bond motifs is 5. The number of ether oxygens (including phenoxy) is 2. The summed E-state index contributed by atoms with van der Waals surface area (Å²) in [5.41, 5.74) is -1.11. The van der Waals surface area contributed by atoms with Gasteiger partial charge in [-0.15, -0.1) is 0 Å². The van der Waals surface area contributed by atoms with Crippen LogP contribution in [0.1, 0.15) is 81.0 Å². The van der Waals surface area contributed by atoms with Crippen molar-refractivity contribution in [1.82, 2.24) is 30.4 Å². The molecule has 2 aliphatic heterocycles. The lowest BCUT2D eigenvalue weighted by Gasteiger charge is -2.30. The molecule has 2 aromatic carbocycles. The molecule has 0 unspecified atom stereocenters. The number of methoxy groups -OCH3 is 1. The number of pyridine rings is 1. The van der Waals surface area contributed by atoms with Crippen molar-refractivity contribution in [2.45, 2.75) is 100 Å². The Morgan fingerprint density at radius 2 is 1.84 bits per heavy atom. The van der Waals surface area contributed by atoms with Crippen LogP contribution in [-0.4, -0.2) is 89.2 Å². The Morgan fingerprint density at radius 3 is 2.59 bits per heavy atom. The first-order chi connectivity index (χ1) is 27.7. The van der Waals surface area contributed by atoms with Gasteiger partial charge in [0.05, 0.1) is 23.9 Å². The lowest BCUT2D eigenvalue weighted by atomic mass is 10.0. The third kappa shape index (κ3) is 7.47. The van der Waals surface area contributed by atoms with E-state index in [1.54, 1.807) is 38.1 Å².